The first kappa shape index (κ1) is 12.0. The predicted molar refractivity (Wildman–Crippen MR) is 74.4 cm³/mol. The lowest BCUT2D eigenvalue weighted by Crippen LogP contribution is -2.05. The first-order valence-electron chi connectivity index (χ1n) is 6.56. The van der Waals surface area contributed by atoms with Crippen LogP contribution < -0.4 is 10.1 Å². The Morgan fingerprint density at radius 3 is 2.79 bits per heavy atom. The fraction of sp³-hybridized carbons (Fsp3) is 0.333. The second-order valence-corrected chi connectivity index (χ2v) is 4.70. The molecule has 2 aromatic rings. The van der Waals surface area contributed by atoms with Crippen molar-refractivity contribution in [2.45, 2.75) is 25.8 Å². The molecule has 4 nitrogen and oxygen atoms in total. The molecule has 0 radical (unpaired) electrons. The van der Waals surface area contributed by atoms with Gasteiger partial charge in [0.2, 0.25) is 0 Å². The average molecular weight is 255 g/mol. The predicted octanol–water partition coefficient (Wildman–Crippen LogP) is 2.59. The zero-order valence-electron chi connectivity index (χ0n) is 11.0. The molecule has 0 spiro atoms. The van der Waals surface area contributed by atoms with Crippen molar-refractivity contribution < 1.29 is 4.74 Å². The van der Waals surface area contributed by atoms with Gasteiger partial charge < -0.3 is 10.1 Å². The van der Waals surface area contributed by atoms with Gasteiger partial charge in [0.05, 0.1) is 7.11 Å². The Morgan fingerprint density at radius 1 is 1.16 bits per heavy atom. The maximum absolute atomic E-state index is 5.15. The molecule has 19 heavy (non-hydrogen) atoms. The van der Waals surface area contributed by atoms with Gasteiger partial charge >= 0.3 is 0 Å². The van der Waals surface area contributed by atoms with E-state index in [0.29, 0.717) is 0 Å². The fourth-order valence-electron chi connectivity index (χ4n) is 2.44. The molecule has 0 amide bonds. The summed E-state index contributed by atoms with van der Waals surface area (Å²) in [6.45, 7) is 0.771. The highest BCUT2D eigenvalue weighted by atomic mass is 16.5. The molecule has 4 heteroatoms. The van der Waals surface area contributed by atoms with Crippen LogP contribution in [-0.4, -0.2) is 17.1 Å². The standard InChI is InChI=1S/C15H17N3O/c1-19-12-7-5-11(6-8-12)9-16-15-13-3-2-4-14(13)17-10-18-15/h5-8,10H,2-4,9H2,1H3,(H,16,17,18). The van der Waals surface area contributed by atoms with Crippen LogP contribution in [-0.2, 0) is 19.4 Å². The van der Waals surface area contributed by atoms with Crippen molar-refractivity contribution in [2.24, 2.45) is 0 Å². The number of methoxy groups -OCH3 is 1. The molecule has 0 saturated carbocycles. The van der Waals surface area contributed by atoms with Crippen molar-refractivity contribution in [3.8, 4) is 5.75 Å². The highest BCUT2D eigenvalue weighted by Crippen LogP contribution is 2.25. The number of anilines is 1. The zero-order valence-corrected chi connectivity index (χ0v) is 11.0. The number of aromatic nitrogens is 2. The van der Waals surface area contributed by atoms with Crippen LogP contribution in [0.5, 0.6) is 5.75 Å². The van der Waals surface area contributed by atoms with Crippen molar-refractivity contribution in [1.82, 2.24) is 9.97 Å². The van der Waals surface area contributed by atoms with Crippen LogP contribution in [0.4, 0.5) is 5.82 Å². The van der Waals surface area contributed by atoms with Gasteiger partial charge in [0, 0.05) is 17.8 Å². The van der Waals surface area contributed by atoms with E-state index in [1.165, 1.54) is 23.2 Å². The quantitative estimate of drug-likeness (QED) is 0.912. The van der Waals surface area contributed by atoms with Gasteiger partial charge in [0.25, 0.3) is 0 Å². The van der Waals surface area contributed by atoms with Crippen LogP contribution in [0.2, 0.25) is 0 Å². The van der Waals surface area contributed by atoms with E-state index in [1.54, 1.807) is 13.4 Å². The lowest BCUT2D eigenvalue weighted by Gasteiger charge is -2.10. The minimum absolute atomic E-state index is 0.771. The summed E-state index contributed by atoms with van der Waals surface area (Å²) >= 11 is 0. The summed E-state index contributed by atoms with van der Waals surface area (Å²) in [6.07, 6.45) is 5.00. The molecule has 98 valence electrons. The van der Waals surface area contributed by atoms with Crippen molar-refractivity contribution in [2.75, 3.05) is 12.4 Å². The van der Waals surface area contributed by atoms with Crippen molar-refractivity contribution in [3.05, 3.63) is 47.4 Å². The molecular formula is C15H17N3O. The molecule has 1 aromatic heterocycles. The lowest BCUT2D eigenvalue weighted by molar-refractivity contribution is 0.414. The summed E-state index contributed by atoms with van der Waals surface area (Å²) in [4.78, 5) is 8.68. The summed E-state index contributed by atoms with van der Waals surface area (Å²) in [5, 5.41) is 3.41. The third kappa shape index (κ3) is 2.52. The number of fused-ring (bicyclic) bond motifs is 1. The van der Waals surface area contributed by atoms with Gasteiger partial charge in [-0.15, -0.1) is 0 Å². The number of nitrogens with zero attached hydrogens (tertiary/aromatic N) is 2. The molecule has 0 bridgehead atoms. The van der Waals surface area contributed by atoms with Crippen LogP contribution in [0, 0.1) is 0 Å². The Balaban J connectivity index is 1.70. The summed E-state index contributed by atoms with van der Waals surface area (Å²) in [6, 6.07) is 8.07. The fourth-order valence-corrected chi connectivity index (χ4v) is 2.44. The molecular weight excluding hydrogens is 238 g/mol. The second-order valence-electron chi connectivity index (χ2n) is 4.70. The van der Waals surface area contributed by atoms with E-state index in [0.717, 1.165) is 31.0 Å². The van der Waals surface area contributed by atoms with E-state index in [-0.39, 0.29) is 0 Å². The van der Waals surface area contributed by atoms with Crippen molar-refractivity contribution in [3.63, 3.8) is 0 Å². The summed E-state index contributed by atoms with van der Waals surface area (Å²) in [7, 11) is 1.68. The maximum Gasteiger partial charge on any atom is 0.133 e. The molecule has 3 rings (SSSR count). The number of ether oxygens (including phenoxy) is 1. The summed E-state index contributed by atoms with van der Waals surface area (Å²) in [5.41, 5.74) is 3.70. The smallest absolute Gasteiger partial charge is 0.133 e. The van der Waals surface area contributed by atoms with Crippen molar-refractivity contribution in [1.29, 1.82) is 0 Å². The number of hydrogen-bond donors (Lipinski definition) is 1. The molecule has 0 fully saturated rings. The molecule has 0 unspecified atom stereocenters. The van der Waals surface area contributed by atoms with Gasteiger partial charge in [0.1, 0.15) is 17.9 Å². The van der Waals surface area contributed by atoms with Crippen LogP contribution >= 0.6 is 0 Å². The zero-order chi connectivity index (χ0) is 13.1. The van der Waals surface area contributed by atoms with E-state index < -0.39 is 0 Å². The molecule has 0 aliphatic heterocycles. The molecule has 0 atom stereocenters. The summed E-state index contributed by atoms with van der Waals surface area (Å²) < 4.78 is 5.15. The van der Waals surface area contributed by atoms with E-state index >= 15 is 0 Å². The highest BCUT2D eigenvalue weighted by Gasteiger charge is 2.16. The average Bonchev–Trinajstić information content (AvgIpc) is 2.94. The van der Waals surface area contributed by atoms with E-state index in [9.17, 15) is 0 Å². The molecule has 1 aromatic carbocycles. The van der Waals surface area contributed by atoms with Crippen molar-refractivity contribution >= 4 is 5.82 Å². The number of hydrogen-bond acceptors (Lipinski definition) is 4. The van der Waals surface area contributed by atoms with Crippen LogP contribution in [0.25, 0.3) is 0 Å². The highest BCUT2D eigenvalue weighted by molar-refractivity contribution is 5.48. The third-order valence-electron chi connectivity index (χ3n) is 3.49. The van der Waals surface area contributed by atoms with Crippen LogP contribution in [0.3, 0.4) is 0 Å². The van der Waals surface area contributed by atoms with Crippen LogP contribution in [0.1, 0.15) is 23.2 Å². The van der Waals surface area contributed by atoms with Gasteiger partial charge in [-0.2, -0.15) is 0 Å². The Hall–Kier alpha value is -2.10. The van der Waals surface area contributed by atoms with E-state index in [2.05, 4.69) is 27.4 Å². The molecule has 0 saturated heterocycles. The number of benzene rings is 1. The Labute approximate surface area is 112 Å². The molecule has 1 aliphatic carbocycles. The number of rotatable bonds is 4. The molecule has 1 N–H and O–H groups in total. The van der Waals surface area contributed by atoms with Gasteiger partial charge in [-0.1, -0.05) is 12.1 Å². The van der Waals surface area contributed by atoms with E-state index in [4.69, 9.17) is 4.74 Å². The Kier molecular flexibility index (Phi) is 3.31. The first-order valence-corrected chi connectivity index (χ1v) is 6.56. The largest absolute Gasteiger partial charge is 0.497 e. The van der Waals surface area contributed by atoms with Gasteiger partial charge in [-0.05, 0) is 37.0 Å². The minimum atomic E-state index is 0.771. The lowest BCUT2D eigenvalue weighted by atomic mass is 10.2. The number of nitrogens with one attached hydrogen (secondary N) is 1. The first-order chi connectivity index (χ1) is 9.36. The van der Waals surface area contributed by atoms with E-state index in [1.807, 2.05) is 12.1 Å². The molecule has 1 aliphatic rings. The summed E-state index contributed by atoms with van der Waals surface area (Å²) in [5.74, 6) is 1.87. The van der Waals surface area contributed by atoms with Gasteiger partial charge in [-0.25, -0.2) is 9.97 Å². The number of aryl methyl sites for hydroxylation is 1. The topological polar surface area (TPSA) is 47.0 Å². The monoisotopic (exact) mass is 255 g/mol. The van der Waals surface area contributed by atoms with Gasteiger partial charge in [0.15, 0.2) is 0 Å². The third-order valence-corrected chi connectivity index (χ3v) is 3.49. The Morgan fingerprint density at radius 2 is 2.00 bits per heavy atom. The minimum Gasteiger partial charge on any atom is -0.497 e. The molecule has 1 heterocycles. The maximum atomic E-state index is 5.15. The van der Waals surface area contributed by atoms with Crippen LogP contribution in [0.15, 0.2) is 30.6 Å². The van der Waals surface area contributed by atoms with Gasteiger partial charge in [-0.3, -0.25) is 0 Å². The SMILES string of the molecule is COc1ccc(CNc2ncnc3c2CCC3)cc1. The normalized spacial score (nSPS) is 13.1. The Bertz CT molecular complexity index is 566. The second kappa shape index (κ2) is 5.26.